The highest BCUT2D eigenvalue weighted by molar-refractivity contribution is 5.97. The highest BCUT2D eigenvalue weighted by atomic mass is 16.4. The van der Waals surface area contributed by atoms with Gasteiger partial charge in [0.1, 0.15) is 0 Å². The smallest absolute Gasteiger partial charge is 0.170 e. The van der Waals surface area contributed by atoms with Gasteiger partial charge in [0.2, 0.25) is 0 Å². The molecule has 0 aliphatic heterocycles. The monoisotopic (exact) mass is 251 g/mol. The van der Waals surface area contributed by atoms with E-state index in [1.165, 1.54) is 0 Å². The van der Waals surface area contributed by atoms with Gasteiger partial charge in [-0.25, -0.2) is 0 Å². The van der Waals surface area contributed by atoms with Crippen LogP contribution in [0, 0.1) is 0 Å². The minimum atomic E-state index is 0.118. The van der Waals surface area contributed by atoms with Gasteiger partial charge in [0.15, 0.2) is 5.84 Å². The van der Waals surface area contributed by atoms with E-state index in [0.29, 0.717) is 5.56 Å². The van der Waals surface area contributed by atoms with Gasteiger partial charge < -0.3 is 20.9 Å². The van der Waals surface area contributed by atoms with Gasteiger partial charge in [0.25, 0.3) is 0 Å². The van der Waals surface area contributed by atoms with Crippen LogP contribution >= 0.6 is 0 Å². The molecule has 0 aliphatic rings. The van der Waals surface area contributed by atoms with Crippen molar-refractivity contribution in [2.45, 2.75) is 19.3 Å². The van der Waals surface area contributed by atoms with Crippen molar-refractivity contribution in [2.24, 2.45) is 10.9 Å². The maximum absolute atomic E-state index is 8.70. The van der Waals surface area contributed by atoms with Gasteiger partial charge in [-0.3, -0.25) is 0 Å². The molecule has 0 saturated heterocycles. The lowest BCUT2D eigenvalue weighted by molar-refractivity contribution is 0.283. The molecule has 0 amide bonds. The minimum Gasteiger partial charge on any atom is -0.409 e. The average molecular weight is 251 g/mol. The Morgan fingerprint density at radius 1 is 1.22 bits per heavy atom. The first kappa shape index (κ1) is 14.3. The van der Waals surface area contributed by atoms with Crippen LogP contribution in [0.4, 0.5) is 5.69 Å². The first-order valence-corrected chi connectivity index (χ1v) is 6.09. The number of aliphatic hydroxyl groups excluding tert-OH is 1. The fraction of sp³-hybridized carbons (Fsp3) is 0.462. The molecule has 0 bridgehead atoms. The van der Waals surface area contributed by atoms with Gasteiger partial charge in [0.05, 0.1) is 0 Å². The number of unbranched alkanes of at least 4 members (excludes halogenated alkanes) is 2. The van der Waals surface area contributed by atoms with Gasteiger partial charge in [-0.05, 0) is 43.5 Å². The summed E-state index contributed by atoms with van der Waals surface area (Å²) in [5.74, 6) is 0.118. The predicted octanol–water partition coefficient (Wildman–Crippen LogP) is 1.38. The lowest BCUT2D eigenvalue weighted by Crippen LogP contribution is -2.19. The molecule has 1 aromatic rings. The van der Waals surface area contributed by atoms with Crippen LogP contribution in [-0.2, 0) is 0 Å². The molecule has 0 aliphatic carbocycles. The van der Waals surface area contributed by atoms with Gasteiger partial charge in [-0.1, -0.05) is 5.16 Å². The summed E-state index contributed by atoms with van der Waals surface area (Å²) in [6, 6.07) is 7.54. The van der Waals surface area contributed by atoms with Crippen molar-refractivity contribution in [3.63, 3.8) is 0 Å². The number of anilines is 1. The van der Waals surface area contributed by atoms with Crippen molar-refractivity contribution < 1.29 is 10.3 Å². The molecule has 4 N–H and O–H groups in total. The Morgan fingerprint density at radius 3 is 2.44 bits per heavy atom. The Labute approximate surface area is 108 Å². The highest BCUT2D eigenvalue weighted by Crippen LogP contribution is 2.14. The van der Waals surface area contributed by atoms with Crippen LogP contribution in [-0.4, -0.2) is 36.3 Å². The Morgan fingerprint density at radius 2 is 1.89 bits per heavy atom. The third-order valence-corrected chi connectivity index (χ3v) is 2.86. The molecule has 0 aromatic heterocycles. The van der Waals surface area contributed by atoms with Crippen molar-refractivity contribution in [1.29, 1.82) is 0 Å². The lowest BCUT2D eigenvalue weighted by Gasteiger charge is -2.19. The van der Waals surface area contributed by atoms with E-state index in [2.05, 4.69) is 10.1 Å². The van der Waals surface area contributed by atoms with E-state index >= 15 is 0 Å². The summed E-state index contributed by atoms with van der Waals surface area (Å²) in [7, 11) is 2.03. The van der Waals surface area contributed by atoms with Crippen molar-refractivity contribution in [2.75, 3.05) is 25.1 Å². The maximum Gasteiger partial charge on any atom is 0.170 e. The van der Waals surface area contributed by atoms with Crippen LogP contribution in [0.5, 0.6) is 0 Å². The fourth-order valence-corrected chi connectivity index (χ4v) is 1.71. The van der Waals surface area contributed by atoms with Crippen LogP contribution in [0.15, 0.2) is 29.4 Å². The summed E-state index contributed by atoms with van der Waals surface area (Å²) >= 11 is 0. The number of nitrogens with zero attached hydrogens (tertiary/aromatic N) is 2. The summed E-state index contributed by atoms with van der Waals surface area (Å²) < 4.78 is 0. The maximum atomic E-state index is 8.70. The fourth-order valence-electron chi connectivity index (χ4n) is 1.71. The number of hydrogen-bond donors (Lipinski definition) is 3. The topological polar surface area (TPSA) is 82.1 Å². The third kappa shape index (κ3) is 4.25. The normalized spacial score (nSPS) is 11.6. The summed E-state index contributed by atoms with van der Waals surface area (Å²) in [6.07, 6.45) is 2.94. The third-order valence-electron chi connectivity index (χ3n) is 2.86. The first-order chi connectivity index (χ1) is 8.69. The molecule has 18 heavy (non-hydrogen) atoms. The standard InChI is InChI=1S/C13H21N3O2/c1-16(9-3-2-4-10-17)12-7-5-11(6-8-12)13(14)15-18/h5-8,17-18H,2-4,9-10H2,1H3,(H2,14,15). The van der Waals surface area contributed by atoms with Crippen molar-refractivity contribution >= 4 is 11.5 Å². The molecule has 5 nitrogen and oxygen atoms in total. The molecule has 100 valence electrons. The lowest BCUT2D eigenvalue weighted by atomic mass is 10.1. The number of oxime groups is 1. The molecular weight excluding hydrogens is 230 g/mol. The molecule has 0 heterocycles. The van der Waals surface area contributed by atoms with E-state index in [0.717, 1.165) is 31.5 Å². The first-order valence-electron chi connectivity index (χ1n) is 6.09. The zero-order valence-electron chi connectivity index (χ0n) is 10.7. The second kappa shape index (κ2) is 7.55. The van der Waals surface area contributed by atoms with Gasteiger partial charge in [-0.15, -0.1) is 0 Å². The largest absolute Gasteiger partial charge is 0.409 e. The Balaban J connectivity index is 2.51. The Hall–Kier alpha value is -1.75. The SMILES string of the molecule is CN(CCCCCO)c1ccc(/C(N)=N/O)cc1. The number of amidine groups is 1. The molecule has 1 aromatic carbocycles. The summed E-state index contributed by atoms with van der Waals surface area (Å²) in [5, 5.41) is 20.2. The molecule has 0 unspecified atom stereocenters. The number of rotatable bonds is 7. The molecule has 1 rings (SSSR count). The van der Waals surface area contributed by atoms with E-state index in [4.69, 9.17) is 16.0 Å². The van der Waals surface area contributed by atoms with E-state index in [1.807, 2.05) is 31.3 Å². The summed E-state index contributed by atoms with van der Waals surface area (Å²) in [5.41, 5.74) is 7.29. The van der Waals surface area contributed by atoms with Gasteiger partial charge in [0, 0.05) is 31.5 Å². The second-order valence-electron chi connectivity index (χ2n) is 4.24. The number of benzene rings is 1. The van der Waals surface area contributed by atoms with Crippen LogP contribution in [0.1, 0.15) is 24.8 Å². The summed E-state index contributed by atoms with van der Waals surface area (Å²) in [6.45, 7) is 1.21. The van der Waals surface area contributed by atoms with Gasteiger partial charge in [-0.2, -0.15) is 0 Å². The van der Waals surface area contributed by atoms with E-state index in [9.17, 15) is 0 Å². The van der Waals surface area contributed by atoms with E-state index < -0.39 is 0 Å². The molecule has 0 spiro atoms. The molecule has 0 radical (unpaired) electrons. The van der Waals surface area contributed by atoms with Crippen molar-refractivity contribution in [3.05, 3.63) is 29.8 Å². The van der Waals surface area contributed by atoms with Crippen molar-refractivity contribution in [1.82, 2.24) is 0 Å². The van der Waals surface area contributed by atoms with Crippen LogP contribution < -0.4 is 10.6 Å². The van der Waals surface area contributed by atoms with Gasteiger partial charge >= 0.3 is 0 Å². The van der Waals surface area contributed by atoms with Crippen LogP contribution in [0.2, 0.25) is 0 Å². The zero-order valence-corrected chi connectivity index (χ0v) is 10.7. The predicted molar refractivity (Wildman–Crippen MR) is 73.2 cm³/mol. The number of nitrogens with two attached hydrogens (primary N) is 1. The van der Waals surface area contributed by atoms with Crippen LogP contribution in [0.3, 0.4) is 0 Å². The molecule has 0 fully saturated rings. The van der Waals surface area contributed by atoms with E-state index in [1.54, 1.807) is 0 Å². The molecule has 0 atom stereocenters. The Kier molecular flexibility index (Phi) is 6.00. The number of aliphatic hydroxyl groups is 1. The quantitative estimate of drug-likeness (QED) is 0.225. The molecule has 5 heteroatoms. The summed E-state index contributed by atoms with van der Waals surface area (Å²) in [4.78, 5) is 2.15. The van der Waals surface area contributed by atoms with E-state index in [-0.39, 0.29) is 12.4 Å². The van der Waals surface area contributed by atoms with Crippen molar-refractivity contribution in [3.8, 4) is 0 Å². The zero-order chi connectivity index (χ0) is 13.4. The minimum absolute atomic E-state index is 0.118. The van der Waals surface area contributed by atoms with Crippen LogP contribution in [0.25, 0.3) is 0 Å². The number of hydrogen-bond acceptors (Lipinski definition) is 4. The molecule has 0 saturated carbocycles. The Bertz CT molecular complexity index is 376. The molecular formula is C13H21N3O2. The average Bonchev–Trinajstić information content (AvgIpc) is 2.42. The highest BCUT2D eigenvalue weighted by Gasteiger charge is 2.02. The second-order valence-corrected chi connectivity index (χ2v) is 4.24.